The second kappa shape index (κ2) is 3.91. The van der Waals surface area contributed by atoms with Gasteiger partial charge in [0.05, 0.1) is 0 Å². The molecule has 1 aliphatic heterocycles. The third-order valence-corrected chi connectivity index (χ3v) is 1.90. The first-order chi connectivity index (χ1) is 4.83. The molecule has 3 heteroatoms. The summed E-state index contributed by atoms with van der Waals surface area (Å²) >= 11 is 0. The van der Waals surface area contributed by atoms with E-state index in [1.54, 1.807) is 0 Å². The van der Waals surface area contributed by atoms with Gasteiger partial charge >= 0.3 is 0 Å². The largest absolute Gasteiger partial charge is 0.329 e. The molecule has 0 aliphatic carbocycles. The fraction of sp³-hybridized carbons (Fsp3) is 1.00. The Morgan fingerprint density at radius 1 is 1.70 bits per heavy atom. The van der Waals surface area contributed by atoms with Crippen LogP contribution < -0.4 is 11.1 Å². The highest BCUT2D eigenvalue weighted by Crippen LogP contribution is 1.95. The molecule has 1 fully saturated rings. The molecule has 3 nitrogen and oxygen atoms in total. The first kappa shape index (κ1) is 7.98. The number of hydrogen-bond acceptors (Lipinski definition) is 3. The van der Waals surface area contributed by atoms with E-state index in [1.165, 1.54) is 0 Å². The monoisotopic (exact) mass is 143 g/mol. The number of nitrogens with zero attached hydrogens (tertiary/aromatic N) is 1. The van der Waals surface area contributed by atoms with Crippen LogP contribution in [0.15, 0.2) is 0 Å². The van der Waals surface area contributed by atoms with Crippen LogP contribution in [0.5, 0.6) is 0 Å². The minimum absolute atomic E-state index is 0.639. The highest BCUT2D eigenvalue weighted by atomic mass is 15.2. The van der Waals surface area contributed by atoms with Gasteiger partial charge in [0.1, 0.15) is 0 Å². The van der Waals surface area contributed by atoms with Gasteiger partial charge in [0.25, 0.3) is 0 Å². The molecule has 1 unspecified atom stereocenters. The maximum atomic E-state index is 5.44. The molecule has 3 N–H and O–H groups in total. The lowest BCUT2D eigenvalue weighted by molar-refractivity contribution is 0.212. The van der Waals surface area contributed by atoms with Gasteiger partial charge in [-0.2, -0.15) is 0 Å². The maximum Gasteiger partial charge on any atom is 0.0167 e. The van der Waals surface area contributed by atoms with Gasteiger partial charge in [0.2, 0.25) is 0 Å². The van der Waals surface area contributed by atoms with Crippen molar-refractivity contribution >= 4 is 0 Å². The summed E-state index contributed by atoms with van der Waals surface area (Å²) in [5, 5.41) is 3.39. The number of nitrogens with one attached hydrogen (secondary N) is 1. The van der Waals surface area contributed by atoms with Gasteiger partial charge < -0.3 is 11.1 Å². The second-order valence-electron chi connectivity index (χ2n) is 2.94. The molecule has 0 bridgehead atoms. The van der Waals surface area contributed by atoms with Crippen LogP contribution in [-0.4, -0.2) is 43.7 Å². The zero-order valence-electron chi connectivity index (χ0n) is 6.64. The summed E-state index contributed by atoms with van der Waals surface area (Å²) in [5.41, 5.74) is 5.44. The van der Waals surface area contributed by atoms with Gasteiger partial charge in [-0.15, -0.1) is 0 Å². The fourth-order valence-corrected chi connectivity index (χ4v) is 1.40. The highest BCUT2D eigenvalue weighted by molar-refractivity contribution is 4.74. The Morgan fingerprint density at radius 3 is 3.10 bits per heavy atom. The van der Waals surface area contributed by atoms with Gasteiger partial charge in [-0.1, -0.05) is 0 Å². The van der Waals surface area contributed by atoms with E-state index in [0.29, 0.717) is 6.04 Å². The van der Waals surface area contributed by atoms with Gasteiger partial charge in [0, 0.05) is 38.8 Å². The van der Waals surface area contributed by atoms with Crippen LogP contribution in [0.2, 0.25) is 0 Å². The lowest BCUT2D eigenvalue weighted by Gasteiger charge is -2.31. The Bertz CT molecular complexity index is 92.9. The van der Waals surface area contributed by atoms with E-state index in [9.17, 15) is 0 Å². The van der Waals surface area contributed by atoms with Gasteiger partial charge in [0.15, 0.2) is 0 Å². The molecule has 0 saturated carbocycles. The minimum Gasteiger partial charge on any atom is -0.329 e. The van der Waals surface area contributed by atoms with Crippen LogP contribution >= 0.6 is 0 Å². The third kappa shape index (κ3) is 2.25. The van der Waals surface area contributed by atoms with Gasteiger partial charge in [-0.25, -0.2) is 0 Å². The first-order valence-electron chi connectivity index (χ1n) is 3.98. The molecule has 1 rings (SSSR count). The number of nitrogens with two attached hydrogens (primary N) is 1. The van der Waals surface area contributed by atoms with Crippen LogP contribution in [0.1, 0.15) is 6.92 Å². The number of rotatable bonds is 2. The molecule has 0 amide bonds. The average molecular weight is 143 g/mol. The molecule has 0 aromatic rings. The Balaban J connectivity index is 2.18. The number of hydrogen-bond donors (Lipinski definition) is 2. The van der Waals surface area contributed by atoms with Gasteiger partial charge in [-0.05, 0) is 6.92 Å². The van der Waals surface area contributed by atoms with E-state index >= 15 is 0 Å². The van der Waals surface area contributed by atoms with Crippen molar-refractivity contribution in [3.05, 3.63) is 0 Å². The summed E-state index contributed by atoms with van der Waals surface area (Å²) < 4.78 is 0. The predicted octanol–water partition coefficient (Wildman–Crippen LogP) is -0.761. The quantitative estimate of drug-likeness (QED) is 0.534. The van der Waals surface area contributed by atoms with Crippen molar-refractivity contribution in [2.45, 2.75) is 13.0 Å². The molecule has 0 radical (unpaired) electrons. The van der Waals surface area contributed by atoms with E-state index in [4.69, 9.17) is 5.73 Å². The first-order valence-corrected chi connectivity index (χ1v) is 3.98. The van der Waals surface area contributed by atoms with Crippen molar-refractivity contribution in [2.24, 2.45) is 5.73 Å². The fourth-order valence-electron chi connectivity index (χ4n) is 1.40. The SMILES string of the molecule is CC1CN(CCN)CCN1. The summed E-state index contributed by atoms with van der Waals surface area (Å²) in [6.45, 7) is 7.46. The standard InChI is InChI=1S/C7H17N3/c1-7-6-10(4-2-8)5-3-9-7/h7,9H,2-6,8H2,1H3. The van der Waals surface area contributed by atoms with Crippen LogP contribution in [0.3, 0.4) is 0 Å². The van der Waals surface area contributed by atoms with E-state index in [1.807, 2.05) is 0 Å². The molecule has 0 aromatic carbocycles. The zero-order valence-corrected chi connectivity index (χ0v) is 6.64. The molecular formula is C7H17N3. The smallest absolute Gasteiger partial charge is 0.0167 e. The molecule has 1 saturated heterocycles. The second-order valence-corrected chi connectivity index (χ2v) is 2.94. The Hall–Kier alpha value is -0.120. The maximum absolute atomic E-state index is 5.44. The van der Waals surface area contributed by atoms with Crippen molar-refractivity contribution < 1.29 is 0 Å². The summed E-state index contributed by atoms with van der Waals surface area (Å²) in [5.74, 6) is 0. The van der Waals surface area contributed by atoms with Gasteiger partial charge in [-0.3, -0.25) is 4.90 Å². The van der Waals surface area contributed by atoms with Crippen molar-refractivity contribution in [1.29, 1.82) is 0 Å². The lowest BCUT2D eigenvalue weighted by Crippen LogP contribution is -2.50. The Labute approximate surface area is 62.6 Å². The van der Waals surface area contributed by atoms with Crippen LogP contribution in [-0.2, 0) is 0 Å². The lowest BCUT2D eigenvalue weighted by atomic mass is 10.2. The predicted molar refractivity (Wildman–Crippen MR) is 43.0 cm³/mol. The van der Waals surface area contributed by atoms with Crippen molar-refractivity contribution in [3.63, 3.8) is 0 Å². The Kier molecular flexibility index (Phi) is 3.12. The van der Waals surface area contributed by atoms with Crippen LogP contribution in [0.25, 0.3) is 0 Å². The molecule has 1 aliphatic rings. The molecule has 0 spiro atoms. The van der Waals surface area contributed by atoms with E-state index < -0.39 is 0 Å². The molecule has 1 heterocycles. The average Bonchev–Trinajstić information content (AvgIpc) is 1.88. The van der Waals surface area contributed by atoms with Crippen molar-refractivity contribution in [1.82, 2.24) is 10.2 Å². The molecule has 10 heavy (non-hydrogen) atoms. The number of piperazine rings is 1. The Morgan fingerprint density at radius 2 is 2.50 bits per heavy atom. The highest BCUT2D eigenvalue weighted by Gasteiger charge is 2.13. The summed E-state index contributed by atoms with van der Waals surface area (Å²) in [6.07, 6.45) is 0. The van der Waals surface area contributed by atoms with Crippen LogP contribution in [0.4, 0.5) is 0 Å². The summed E-state index contributed by atoms with van der Waals surface area (Å²) in [7, 11) is 0. The van der Waals surface area contributed by atoms with Crippen LogP contribution in [0, 0.1) is 0 Å². The molecule has 1 atom stereocenters. The molecule has 60 valence electrons. The van der Waals surface area contributed by atoms with Crippen molar-refractivity contribution in [2.75, 3.05) is 32.7 Å². The normalized spacial score (nSPS) is 28.8. The van der Waals surface area contributed by atoms with E-state index in [2.05, 4.69) is 17.1 Å². The third-order valence-electron chi connectivity index (χ3n) is 1.90. The molecule has 0 aromatic heterocycles. The summed E-state index contributed by atoms with van der Waals surface area (Å²) in [6, 6.07) is 0.639. The topological polar surface area (TPSA) is 41.3 Å². The van der Waals surface area contributed by atoms with E-state index in [0.717, 1.165) is 32.7 Å². The zero-order chi connectivity index (χ0) is 7.40. The molecular weight excluding hydrogens is 126 g/mol. The minimum atomic E-state index is 0.639. The summed E-state index contributed by atoms with van der Waals surface area (Å²) in [4.78, 5) is 2.40. The van der Waals surface area contributed by atoms with E-state index in [-0.39, 0.29) is 0 Å². The van der Waals surface area contributed by atoms with Crippen molar-refractivity contribution in [3.8, 4) is 0 Å².